The Balaban J connectivity index is 1.95. The predicted octanol–water partition coefficient (Wildman–Crippen LogP) is 4.70. The first-order valence-electron chi connectivity index (χ1n) is 7.35. The fourth-order valence-electron chi connectivity index (χ4n) is 2.58. The second-order valence-electron chi connectivity index (χ2n) is 5.12. The molecule has 1 atom stereocenters. The monoisotopic (exact) mass is 372 g/mol. The Hall–Kier alpha value is -2.02. The number of likely N-dealkylation sites (N-methyl/N-ethyl adjacent to an activating group) is 1. The van der Waals surface area contributed by atoms with Gasteiger partial charge in [-0.1, -0.05) is 17.7 Å². The van der Waals surface area contributed by atoms with E-state index in [1.54, 1.807) is 17.5 Å². The molecule has 4 heterocycles. The molecule has 0 fully saturated rings. The molecule has 24 heavy (non-hydrogen) atoms. The maximum atomic E-state index is 6.14. The smallest absolute Gasteiger partial charge is 0.163 e. The minimum absolute atomic E-state index is 0.223. The van der Waals surface area contributed by atoms with Crippen LogP contribution in [0.5, 0.6) is 0 Å². The van der Waals surface area contributed by atoms with Crippen molar-refractivity contribution in [3.63, 3.8) is 0 Å². The van der Waals surface area contributed by atoms with Crippen LogP contribution >= 0.6 is 34.3 Å². The van der Waals surface area contributed by atoms with Crippen molar-refractivity contribution in [2.75, 3.05) is 7.05 Å². The van der Waals surface area contributed by atoms with Crippen LogP contribution < -0.4 is 5.32 Å². The summed E-state index contributed by atoms with van der Waals surface area (Å²) in [6.45, 7) is 0. The highest BCUT2D eigenvalue weighted by Crippen LogP contribution is 2.35. The van der Waals surface area contributed by atoms with Gasteiger partial charge in [-0.15, -0.1) is 22.7 Å². The average molecular weight is 373 g/mol. The first kappa shape index (κ1) is 15.5. The van der Waals surface area contributed by atoms with E-state index in [0.29, 0.717) is 5.82 Å². The standard InChI is InChI=1S/C17H13ClN4S2/c1-19-17-15(12-6-7-13(18)24-12)21-14(11-5-3-9-23-11)10-4-2-8-20-16(10)22-17/h2-9,15H,1H3,(H,19,20,22). The first-order chi connectivity index (χ1) is 11.8. The molecule has 0 amide bonds. The molecule has 0 saturated carbocycles. The van der Waals surface area contributed by atoms with Crippen LogP contribution in [-0.4, -0.2) is 23.6 Å². The van der Waals surface area contributed by atoms with E-state index in [1.165, 1.54) is 11.3 Å². The summed E-state index contributed by atoms with van der Waals surface area (Å²) in [6, 6.07) is 11.7. The van der Waals surface area contributed by atoms with Gasteiger partial charge in [0.05, 0.1) is 14.9 Å². The van der Waals surface area contributed by atoms with Gasteiger partial charge < -0.3 is 5.32 Å². The van der Waals surface area contributed by atoms with Crippen LogP contribution in [0.2, 0.25) is 4.34 Å². The maximum absolute atomic E-state index is 6.14. The van der Waals surface area contributed by atoms with Crippen LogP contribution in [0.15, 0.2) is 58.0 Å². The van der Waals surface area contributed by atoms with Crippen LogP contribution in [0.4, 0.5) is 5.82 Å². The van der Waals surface area contributed by atoms with Gasteiger partial charge in [-0.05, 0) is 35.7 Å². The lowest BCUT2D eigenvalue weighted by atomic mass is 10.1. The zero-order chi connectivity index (χ0) is 16.5. The van der Waals surface area contributed by atoms with Crippen molar-refractivity contribution in [3.05, 3.63) is 67.6 Å². The quantitative estimate of drug-likeness (QED) is 0.708. The second kappa shape index (κ2) is 6.47. The molecule has 1 unspecified atom stereocenters. The van der Waals surface area contributed by atoms with Crippen molar-refractivity contribution in [3.8, 4) is 0 Å². The van der Waals surface area contributed by atoms with Crippen molar-refractivity contribution < 1.29 is 0 Å². The number of aliphatic imine (C=N–C) groups is 2. The van der Waals surface area contributed by atoms with Gasteiger partial charge in [-0.25, -0.2) is 9.98 Å². The van der Waals surface area contributed by atoms with Crippen molar-refractivity contribution in [1.82, 2.24) is 10.3 Å². The Labute approximate surface area is 152 Å². The molecule has 0 spiro atoms. The van der Waals surface area contributed by atoms with E-state index in [2.05, 4.69) is 21.7 Å². The van der Waals surface area contributed by atoms with Crippen LogP contribution in [0.3, 0.4) is 0 Å². The van der Waals surface area contributed by atoms with Gasteiger partial charge in [-0.2, -0.15) is 0 Å². The molecule has 0 aliphatic carbocycles. The van der Waals surface area contributed by atoms with Crippen LogP contribution in [0, 0.1) is 0 Å². The third-order valence-electron chi connectivity index (χ3n) is 3.66. The predicted molar refractivity (Wildman–Crippen MR) is 102 cm³/mol. The summed E-state index contributed by atoms with van der Waals surface area (Å²) >= 11 is 9.32. The molecule has 0 radical (unpaired) electrons. The fourth-order valence-corrected chi connectivity index (χ4v) is 4.42. The number of aromatic nitrogens is 1. The van der Waals surface area contributed by atoms with E-state index in [4.69, 9.17) is 21.6 Å². The van der Waals surface area contributed by atoms with Crippen LogP contribution in [-0.2, 0) is 0 Å². The number of thiophene rings is 2. The number of hydrogen-bond acceptors (Lipinski definition) is 6. The number of fused-ring (bicyclic) bond motifs is 1. The Morgan fingerprint density at radius 1 is 1.17 bits per heavy atom. The SMILES string of the molecule is CNC1=Nc2ncccc2C(c2cccs2)=NC1c1ccc(Cl)s1. The number of hydrogen-bond donors (Lipinski definition) is 1. The summed E-state index contributed by atoms with van der Waals surface area (Å²) in [5.41, 5.74) is 1.86. The maximum Gasteiger partial charge on any atom is 0.163 e. The van der Waals surface area contributed by atoms with Crippen LogP contribution in [0.1, 0.15) is 21.4 Å². The molecule has 0 aromatic carbocycles. The zero-order valence-corrected chi connectivity index (χ0v) is 15.1. The van der Waals surface area contributed by atoms with E-state index >= 15 is 0 Å². The number of nitrogens with one attached hydrogen (secondary N) is 1. The number of rotatable bonds is 2. The largest absolute Gasteiger partial charge is 0.374 e. The molecule has 3 aromatic rings. The lowest BCUT2D eigenvalue weighted by Gasteiger charge is -2.13. The second-order valence-corrected chi connectivity index (χ2v) is 7.82. The van der Waals surface area contributed by atoms with Crippen molar-refractivity contribution in [1.29, 1.82) is 0 Å². The van der Waals surface area contributed by atoms with E-state index < -0.39 is 0 Å². The van der Waals surface area contributed by atoms with E-state index in [-0.39, 0.29) is 6.04 Å². The number of pyridine rings is 1. The minimum atomic E-state index is -0.223. The zero-order valence-electron chi connectivity index (χ0n) is 12.7. The summed E-state index contributed by atoms with van der Waals surface area (Å²) < 4.78 is 0.744. The van der Waals surface area contributed by atoms with Gasteiger partial charge in [0.1, 0.15) is 11.9 Å². The summed E-state index contributed by atoms with van der Waals surface area (Å²) in [4.78, 5) is 16.4. The molecule has 0 bridgehead atoms. The molecule has 0 saturated heterocycles. The summed E-state index contributed by atoms with van der Waals surface area (Å²) in [5, 5.41) is 5.23. The third-order valence-corrected chi connectivity index (χ3v) is 5.82. The molecular formula is C17H13ClN4S2. The van der Waals surface area contributed by atoms with Gasteiger partial charge in [0, 0.05) is 23.7 Å². The molecule has 1 N–H and O–H groups in total. The molecular weight excluding hydrogens is 360 g/mol. The highest BCUT2D eigenvalue weighted by molar-refractivity contribution is 7.16. The Kier molecular flexibility index (Phi) is 4.18. The van der Waals surface area contributed by atoms with Gasteiger partial charge in [0.15, 0.2) is 5.82 Å². The van der Waals surface area contributed by atoms with Gasteiger partial charge in [0.25, 0.3) is 0 Å². The molecule has 4 rings (SSSR count). The molecule has 4 nitrogen and oxygen atoms in total. The molecule has 1 aliphatic heterocycles. The summed E-state index contributed by atoms with van der Waals surface area (Å²) in [7, 11) is 1.86. The lowest BCUT2D eigenvalue weighted by molar-refractivity contribution is 0.928. The average Bonchev–Trinajstić information content (AvgIpc) is 3.24. The number of amidine groups is 1. The lowest BCUT2D eigenvalue weighted by Crippen LogP contribution is -2.24. The van der Waals surface area contributed by atoms with Crippen molar-refractivity contribution in [2.45, 2.75) is 6.04 Å². The highest BCUT2D eigenvalue weighted by Gasteiger charge is 2.26. The molecule has 3 aromatic heterocycles. The van der Waals surface area contributed by atoms with Crippen molar-refractivity contribution >= 4 is 51.6 Å². The van der Waals surface area contributed by atoms with E-state index in [9.17, 15) is 0 Å². The minimum Gasteiger partial charge on any atom is -0.374 e. The van der Waals surface area contributed by atoms with E-state index in [0.717, 1.165) is 31.2 Å². The topological polar surface area (TPSA) is 49.6 Å². The van der Waals surface area contributed by atoms with Gasteiger partial charge in [-0.3, -0.25) is 4.99 Å². The van der Waals surface area contributed by atoms with Gasteiger partial charge >= 0.3 is 0 Å². The van der Waals surface area contributed by atoms with Crippen molar-refractivity contribution in [2.24, 2.45) is 9.98 Å². The normalized spacial score (nSPS) is 16.8. The Bertz CT molecular complexity index is 928. The number of nitrogens with zero attached hydrogens (tertiary/aromatic N) is 3. The fraction of sp³-hybridized carbons (Fsp3) is 0.118. The Morgan fingerprint density at radius 2 is 2.08 bits per heavy atom. The molecule has 120 valence electrons. The molecule has 7 heteroatoms. The third kappa shape index (κ3) is 2.77. The highest BCUT2D eigenvalue weighted by atomic mass is 35.5. The first-order valence-corrected chi connectivity index (χ1v) is 9.42. The van der Waals surface area contributed by atoms with Crippen LogP contribution in [0.25, 0.3) is 0 Å². The summed E-state index contributed by atoms with van der Waals surface area (Å²) in [5.74, 6) is 1.44. The summed E-state index contributed by atoms with van der Waals surface area (Å²) in [6.07, 6.45) is 1.75. The Morgan fingerprint density at radius 3 is 2.79 bits per heavy atom. The van der Waals surface area contributed by atoms with Gasteiger partial charge in [0.2, 0.25) is 0 Å². The molecule has 1 aliphatic rings. The number of halogens is 1. The van der Waals surface area contributed by atoms with E-state index in [1.807, 2.05) is 37.4 Å².